The van der Waals surface area contributed by atoms with E-state index in [1.807, 2.05) is 27.7 Å². The van der Waals surface area contributed by atoms with Crippen LogP contribution in [0.2, 0.25) is 0 Å². The number of nitrogens with zero attached hydrogens (tertiary/aromatic N) is 3. The van der Waals surface area contributed by atoms with Gasteiger partial charge >= 0.3 is 0 Å². The lowest BCUT2D eigenvalue weighted by molar-refractivity contribution is -0.140. The van der Waals surface area contributed by atoms with Crippen molar-refractivity contribution in [1.82, 2.24) is 4.90 Å². The summed E-state index contributed by atoms with van der Waals surface area (Å²) >= 11 is 0. The number of hydrogen-bond donors (Lipinski definition) is 0. The molecule has 100 valence electrons. The first-order valence-electron chi connectivity index (χ1n) is 6.55. The molecule has 0 aromatic rings. The first kappa shape index (κ1) is 16.4. The molecule has 0 bridgehead atoms. The van der Waals surface area contributed by atoms with E-state index < -0.39 is 5.41 Å². The number of hydrogen-bond acceptors (Lipinski definition) is 3. The summed E-state index contributed by atoms with van der Waals surface area (Å²) in [6, 6.07) is 4.23. The zero-order valence-corrected chi connectivity index (χ0v) is 11.9. The van der Waals surface area contributed by atoms with Gasteiger partial charge in [-0.3, -0.25) is 4.79 Å². The molecule has 0 radical (unpaired) electrons. The lowest BCUT2D eigenvalue weighted by atomic mass is 9.82. The third kappa shape index (κ3) is 4.04. The normalized spacial score (nSPS) is 10.8. The second-order valence-corrected chi connectivity index (χ2v) is 4.95. The standard InChI is InChI=1S/C14H23N3O/c1-5-14(6-2,11-16)13(18)17(9-7-8-15)10-12(3)4/h12H,5-7,9-10H2,1-4H3. The summed E-state index contributed by atoms with van der Waals surface area (Å²) in [4.78, 5) is 14.2. The van der Waals surface area contributed by atoms with Crippen LogP contribution >= 0.6 is 0 Å². The first-order chi connectivity index (χ1) is 8.47. The van der Waals surface area contributed by atoms with Crippen LogP contribution < -0.4 is 0 Å². The van der Waals surface area contributed by atoms with Gasteiger partial charge in [0.15, 0.2) is 0 Å². The first-order valence-corrected chi connectivity index (χ1v) is 6.55. The maximum Gasteiger partial charge on any atom is 0.243 e. The summed E-state index contributed by atoms with van der Waals surface area (Å²) in [5.74, 6) is 0.205. The average Bonchev–Trinajstić information content (AvgIpc) is 2.36. The second-order valence-electron chi connectivity index (χ2n) is 4.95. The van der Waals surface area contributed by atoms with Crippen LogP contribution in [0, 0.1) is 34.0 Å². The van der Waals surface area contributed by atoms with Crippen molar-refractivity contribution in [3.8, 4) is 12.1 Å². The summed E-state index contributed by atoms with van der Waals surface area (Å²) in [5.41, 5.74) is -0.926. The quantitative estimate of drug-likeness (QED) is 0.696. The molecule has 0 saturated heterocycles. The largest absolute Gasteiger partial charge is 0.340 e. The third-order valence-corrected chi connectivity index (χ3v) is 3.20. The number of nitriles is 2. The third-order valence-electron chi connectivity index (χ3n) is 3.20. The lowest BCUT2D eigenvalue weighted by Gasteiger charge is -2.32. The van der Waals surface area contributed by atoms with Crippen molar-refractivity contribution in [2.24, 2.45) is 11.3 Å². The molecule has 0 aliphatic rings. The number of carbonyl (C=O) groups is 1. The Morgan fingerprint density at radius 3 is 2.17 bits per heavy atom. The Bertz CT molecular complexity index is 345. The molecule has 0 aromatic heterocycles. The van der Waals surface area contributed by atoms with Gasteiger partial charge in [0, 0.05) is 13.1 Å². The highest BCUT2D eigenvalue weighted by molar-refractivity contribution is 5.85. The highest BCUT2D eigenvalue weighted by Crippen LogP contribution is 2.28. The van der Waals surface area contributed by atoms with Gasteiger partial charge in [-0.15, -0.1) is 0 Å². The van der Waals surface area contributed by atoms with Crippen LogP contribution in [0.4, 0.5) is 0 Å². The Labute approximate surface area is 110 Å². The van der Waals surface area contributed by atoms with E-state index in [2.05, 4.69) is 12.1 Å². The molecule has 0 fully saturated rings. The van der Waals surface area contributed by atoms with Gasteiger partial charge in [-0.1, -0.05) is 27.7 Å². The van der Waals surface area contributed by atoms with Gasteiger partial charge in [0.25, 0.3) is 0 Å². The monoisotopic (exact) mass is 249 g/mol. The van der Waals surface area contributed by atoms with E-state index >= 15 is 0 Å². The van der Waals surface area contributed by atoms with Gasteiger partial charge in [-0.2, -0.15) is 10.5 Å². The van der Waals surface area contributed by atoms with Gasteiger partial charge in [-0.05, 0) is 18.8 Å². The fraction of sp³-hybridized carbons (Fsp3) is 0.786. The average molecular weight is 249 g/mol. The van der Waals surface area contributed by atoms with E-state index in [1.54, 1.807) is 4.90 Å². The molecule has 0 aromatic carbocycles. The summed E-state index contributed by atoms with van der Waals surface area (Å²) in [6.07, 6.45) is 1.34. The van der Waals surface area contributed by atoms with Crippen LogP contribution in [0.25, 0.3) is 0 Å². The van der Waals surface area contributed by atoms with Crippen LogP contribution in [0.5, 0.6) is 0 Å². The van der Waals surface area contributed by atoms with E-state index in [-0.39, 0.29) is 5.91 Å². The summed E-state index contributed by atoms with van der Waals surface area (Å²) in [6.45, 7) is 8.79. The van der Waals surface area contributed by atoms with Gasteiger partial charge in [0.2, 0.25) is 5.91 Å². The van der Waals surface area contributed by atoms with E-state index in [0.717, 1.165) is 0 Å². The molecule has 0 heterocycles. The maximum atomic E-state index is 12.5. The Balaban J connectivity index is 5.04. The molecule has 0 spiro atoms. The van der Waals surface area contributed by atoms with Crippen LogP contribution in [-0.4, -0.2) is 23.9 Å². The van der Waals surface area contributed by atoms with Crippen molar-refractivity contribution in [2.75, 3.05) is 13.1 Å². The molecule has 0 aliphatic heterocycles. The zero-order valence-electron chi connectivity index (χ0n) is 11.9. The van der Waals surface area contributed by atoms with Gasteiger partial charge in [0.1, 0.15) is 5.41 Å². The predicted molar refractivity (Wildman–Crippen MR) is 70.3 cm³/mol. The Hall–Kier alpha value is -1.55. The SMILES string of the molecule is CCC(C#N)(CC)C(=O)N(CCC#N)CC(C)C. The van der Waals surface area contributed by atoms with Crippen molar-refractivity contribution in [2.45, 2.75) is 47.0 Å². The van der Waals surface area contributed by atoms with Gasteiger partial charge < -0.3 is 4.90 Å². The molecule has 0 unspecified atom stereocenters. The molecule has 0 saturated carbocycles. The van der Waals surface area contributed by atoms with Crippen LogP contribution in [0.3, 0.4) is 0 Å². The molecule has 0 rings (SSSR count). The zero-order chi connectivity index (χ0) is 14.2. The highest BCUT2D eigenvalue weighted by atomic mass is 16.2. The van der Waals surface area contributed by atoms with Crippen LogP contribution in [0.15, 0.2) is 0 Å². The highest BCUT2D eigenvalue weighted by Gasteiger charge is 2.38. The molecular weight excluding hydrogens is 226 g/mol. The molecular formula is C14H23N3O. The van der Waals surface area contributed by atoms with Crippen molar-refractivity contribution >= 4 is 5.91 Å². The lowest BCUT2D eigenvalue weighted by Crippen LogP contribution is -2.44. The summed E-state index contributed by atoms with van der Waals surface area (Å²) < 4.78 is 0. The fourth-order valence-corrected chi connectivity index (χ4v) is 1.96. The fourth-order valence-electron chi connectivity index (χ4n) is 1.96. The Morgan fingerprint density at radius 2 is 1.83 bits per heavy atom. The van der Waals surface area contributed by atoms with E-state index in [9.17, 15) is 10.1 Å². The van der Waals surface area contributed by atoms with E-state index in [1.165, 1.54) is 0 Å². The molecule has 0 aliphatic carbocycles. The molecule has 1 amide bonds. The number of amides is 1. The van der Waals surface area contributed by atoms with Crippen LogP contribution in [0.1, 0.15) is 47.0 Å². The minimum absolute atomic E-state index is 0.126. The van der Waals surface area contributed by atoms with Gasteiger partial charge in [0.05, 0.1) is 18.6 Å². The van der Waals surface area contributed by atoms with Crippen molar-refractivity contribution in [3.05, 3.63) is 0 Å². The topological polar surface area (TPSA) is 67.9 Å². The molecule has 0 N–H and O–H groups in total. The molecule has 18 heavy (non-hydrogen) atoms. The van der Waals surface area contributed by atoms with Crippen LogP contribution in [-0.2, 0) is 4.79 Å². The minimum Gasteiger partial charge on any atom is -0.340 e. The van der Waals surface area contributed by atoms with E-state index in [0.29, 0.717) is 38.3 Å². The molecule has 0 atom stereocenters. The smallest absolute Gasteiger partial charge is 0.243 e. The molecule has 4 heteroatoms. The van der Waals surface area contributed by atoms with Crippen molar-refractivity contribution in [3.63, 3.8) is 0 Å². The number of rotatable bonds is 7. The van der Waals surface area contributed by atoms with E-state index in [4.69, 9.17) is 5.26 Å². The minimum atomic E-state index is -0.926. The summed E-state index contributed by atoms with van der Waals surface area (Å²) in [5, 5.41) is 17.9. The Kier molecular flexibility index (Phi) is 7.05. The maximum absolute atomic E-state index is 12.5. The van der Waals surface area contributed by atoms with Crippen molar-refractivity contribution in [1.29, 1.82) is 10.5 Å². The summed E-state index contributed by atoms with van der Waals surface area (Å²) in [7, 11) is 0. The second kappa shape index (κ2) is 7.71. The molecule has 4 nitrogen and oxygen atoms in total. The van der Waals surface area contributed by atoms with Gasteiger partial charge in [-0.25, -0.2) is 0 Å². The predicted octanol–water partition coefficient (Wildman–Crippen LogP) is 2.71. The Morgan fingerprint density at radius 1 is 1.28 bits per heavy atom. The van der Waals surface area contributed by atoms with Crippen molar-refractivity contribution < 1.29 is 4.79 Å². The number of carbonyl (C=O) groups excluding carboxylic acids is 1.